The van der Waals surface area contributed by atoms with E-state index >= 15 is 0 Å². The zero-order valence-electron chi connectivity index (χ0n) is 10.7. The van der Waals surface area contributed by atoms with Crippen LogP contribution in [-0.2, 0) is 14.3 Å². The van der Waals surface area contributed by atoms with Crippen LogP contribution >= 0.6 is 12.6 Å². The first-order valence-corrected chi connectivity index (χ1v) is 6.20. The Balaban J connectivity index is 4.28. The molecule has 0 aliphatic rings. The van der Waals surface area contributed by atoms with Crippen molar-refractivity contribution in [2.24, 2.45) is 0 Å². The van der Waals surface area contributed by atoms with Gasteiger partial charge < -0.3 is 14.3 Å². The monoisotopic (exact) mass is 264 g/mol. The van der Waals surface area contributed by atoms with Gasteiger partial charge in [0, 0.05) is 6.42 Å². The number of esters is 1. The average molecular weight is 264 g/mol. The Hall–Kier alpha value is -0.750. The molecule has 0 heterocycles. The van der Waals surface area contributed by atoms with Gasteiger partial charge in [0.25, 0.3) is 0 Å². The van der Waals surface area contributed by atoms with Gasteiger partial charge >= 0.3 is 11.9 Å². The lowest BCUT2D eigenvalue weighted by Gasteiger charge is -2.28. The third kappa shape index (κ3) is 10.1. The Morgan fingerprint density at radius 2 is 1.94 bits per heavy atom. The largest absolute Gasteiger partial charge is 0.481 e. The highest BCUT2D eigenvalue weighted by molar-refractivity contribution is 7.80. The van der Waals surface area contributed by atoms with Crippen molar-refractivity contribution in [3.05, 3.63) is 0 Å². The fraction of sp³-hybridized carbons (Fsp3) is 0.818. The fourth-order valence-electron chi connectivity index (χ4n) is 1.42. The van der Waals surface area contributed by atoms with Gasteiger partial charge in [-0.15, -0.1) is 0 Å². The summed E-state index contributed by atoms with van der Waals surface area (Å²) < 4.78 is 5.72. The van der Waals surface area contributed by atoms with Crippen LogP contribution in [0.4, 0.5) is 0 Å². The Morgan fingerprint density at radius 3 is 2.35 bits per heavy atom. The third-order valence-electron chi connectivity index (χ3n) is 1.99. The molecule has 0 unspecified atom stereocenters. The molecule has 0 aromatic carbocycles. The number of hydrogen-bond donors (Lipinski definition) is 2. The minimum absolute atomic E-state index is 0.151. The molecule has 0 aliphatic carbocycles. The summed E-state index contributed by atoms with van der Waals surface area (Å²) >= 11 is 4.01. The van der Waals surface area contributed by atoms with E-state index in [1.54, 1.807) is 0 Å². The van der Waals surface area contributed by atoms with E-state index in [4.69, 9.17) is 9.84 Å². The van der Waals surface area contributed by atoms with Crippen molar-refractivity contribution in [1.82, 2.24) is 0 Å². The van der Waals surface area contributed by atoms with Crippen molar-refractivity contribution < 1.29 is 23.9 Å². The third-order valence-corrected chi connectivity index (χ3v) is 2.31. The molecular formula is C11H22NO4S+. The molecule has 0 aromatic rings. The smallest absolute Gasteiger partial charge is 0.307 e. The van der Waals surface area contributed by atoms with Gasteiger partial charge in [0.1, 0.15) is 6.54 Å². The van der Waals surface area contributed by atoms with E-state index in [0.717, 1.165) is 0 Å². The molecule has 0 saturated heterocycles. The Bertz CT molecular complexity index is 263. The van der Waals surface area contributed by atoms with Crippen molar-refractivity contribution in [2.75, 3.05) is 33.4 Å². The van der Waals surface area contributed by atoms with Crippen molar-refractivity contribution in [2.45, 2.75) is 25.4 Å². The average Bonchev–Trinajstić information content (AvgIpc) is 2.10. The highest BCUT2D eigenvalue weighted by Crippen LogP contribution is 2.07. The number of nitrogens with zero attached hydrogens (tertiary/aromatic N) is 1. The summed E-state index contributed by atoms with van der Waals surface area (Å²) in [5.41, 5.74) is 0. The van der Waals surface area contributed by atoms with Crippen LogP contribution in [0.2, 0.25) is 0 Å². The zero-order valence-corrected chi connectivity index (χ0v) is 11.6. The van der Waals surface area contributed by atoms with Gasteiger partial charge in [-0.05, 0) is 12.2 Å². The van der Waals surface area contributed by atoms with Crippen LogP contribution in [0.15, 0.2) is 0 Å². The van der Waals surface area contributed by atoms with Crippen LogP contribution in [0, 0.1) is 0 Å². The summed E-state index contributed by atoms with van der Waals surface area (Å²) in [5, 5.41) is 8.76. The normalized spacial score (nSPS) is 13.2. The van der Waals surface area contributed by atoms with Crippen molar-refractivity contribution in [1.29, 1.82) is 0 Å². The number of likely N-dealkylation sites (N-methyl/N-ethyl adjacent to an activating group) is 1. The molecule has 0 saturated carbocycles. The van der Waals surface area contributed by atoms with E-state index < -0.39 is 12.1 Å². The number of quaternary nitrogens is 1. The summed E-state index contributed by atoms with van der Waals surface area (Å²) in [6.45, 7) is 0.485. The van der Waals surface area contributed by atoms with Crippen molar-refractivity contribution in [3.63, 3.8) is 0 Å². The van der Waals surface area contributed by atoms with E-state index in [1.165, 1.54) is 0 Å². The number of ether oxygens (including phenoxy) is 1. The molecule has 0 spiro atoms. The van der Waals surface area contributed by atoms with E-state index in [-0.39, 0.29) is 18.8 Å². The molecule has 0 bridgehead atoms. The van der Waals surface area contributed by atoms with Crippen LogP contribution in [-0.4, -0.2) is 61.1 Å². The second-order valence-corrected chi connectivity index (χ2v) is 5.46. The van der Waals surface area contributed by atoms with Crippen LogP contribution in [0.3, 0.4) is 0 Å². The number of rotatable bonds is 8. The fourth-order valence-corrected chi connectivity index (χ4v) is 1.58. The summed E-state index contributed by atoms with van der Waals surface area (Å²) in [4.78, 5) is 22.1. The van der Waals surface area contributed by atoms with Gasteiger partial charge in [-0.3, -0.25) is 9.59 Å². The topological polar surface area (TPSA) is 63.6 Å². The highest BCUT2D eigenvalue weighted by Gasteiger charge is 2.24. The molecule has 0 aliphatic heterocycles. The SMILES string of the molecule is C[N+](C)(C)C[C@@H](CC(=O)O)OC(=O)CCCS. The van der Waals surface area contributed by atoms with Crippen LogP contribution in [0.25, 0.3) is 0 Å². The lowest BCUT2D eigenvalue weighted by Crippen LogP contribution is -2.43. The highest BCUT2D eigenvalue weighted by atomic mass is 32.1. The summed E-state index contributed by atoms with van der Waals surface area (Å²) in [6.07, 6.45) is 0.213. The Labute approximate surface area is 108 Å². The number of carbonyl (C=O) groups excluding carboxylic acids is 1. The molecule has 6 heteroatoms. The Kier molecular flexibility index (Phi) is 7.22. The number of aliphatic carboxylic acids is 1. The molecule has 0 aromatic heterocycles. The lowest BCUT2D eigenvalue weighted by atomic mass is 10.2. The van der Waals surface area contributed by atoms with Crippen LogP contribution in [0.5, 0.6) is 0 Å². The van der Waals surface area contributed by atoms with Gasteiger partial charge in [-0.2, -0.15) is 12.6 Å². The van der Waals surface area contributed by atoms with E-state index in [1.807, 2.05) is 21.1 Å². The van der Waals surface area contributed by atoms with E-state index in [9.17, 15) is 9.59 Å². The van der Waals surface area contributed by atoms with E-state index in [0.29, 0.717) is 23.2 Å². The molecule has 0 amide bonds. The predicted molar refractivity (Wildman–Crippen MR) is 68.1 cm³/mol. The maximum Gasteiger partial charge on any atom is 0.307 e. The Morgan fingerprint density at radius 1 is 1.35 bits per heavy atom. The lowest BCUT2D eigenvalue weighted by molar-refractivity contribution is -0.873. The summed E-state index contributed by atoms with van der Waals surface area (Å²) in [6, 6.07) is 0. The second-order valence-electron chi connectivity index (χ2n) is 5.01. The van der Waals surface area contributed by atoms with Crippen LogP contribution < -0.4 is 0 Å². The molecule has 5 nitrogen and oxygen atoms in total. The standard InChI is InChI=1S/C11H21NO4S/c1-12(2,3)8-9(7-10(13)14)16-11(15)5-4-6-17/h9H,4-8H2,1-3H3,(H-,13,14,17)/p+1/t9-/m1/s1. The molecule has 100 valence electrons. The first-order valence-electron chi connectivity index (χ1n) is 5.57. The molecule has 17 heavy (non-hydrogen) atoms. The maximum absolute atomic E-state index is 11.4. The summed E-state index contributed by atoms with van der Waals surface area (Å²) in [5.74, 6) is -0.683. The van der Waals surface area contributed by atoms with Gasteiger partial charge in [-0.1, -0.05) is 0 Å². The predicted octanol–water partition coefficient (Wildman–Crippen LogP) is 0.789. The number of carboxylic acids is 1. The molecule has 0 rings (SSSR count). The molecule has 1 atom stereocenters. The van der Waals surface area contributed by atoms with Crippen molar-refractivity contribution >= 4 is 24.6 Å². The minimum atomic E-state index is -0.953. The number of carbonyl (C=O) groups is 2. The van der Waals surface area contributed by atoms with Gasteiger partial charge in [0.05, 0.1) is 27.6 Å². The zero-order chi connectivity index (χ0) is 13.5. The van der Waals surface area contributed by atoms with Gasteiger partial charge in [-0.25, -0.2) is 0 Å². The first kappa shape index (κ1) is 16.2. The molecule has 0 fully saturated rings. The maximum atomic E-state index is 11.4. The van der Waals surface area contributed by atoms with Crippen molar-refractivity contribution in [3.8, 4) is 0 Å². The minimum Gasteiger partial charge on any atom is -0.481 e. The van der Waals surface area contributed by atoms with Gasteiger partial charge in [0.15, 0.2) is 6.10 Å². The first-order chi connectivity index (χ1) is 7.74. The number of carboxylic acid groups (broad SMARTS) is 1. The molecule has 0 radical (unpaired) electrons. The van der Waals surface area contributed by atoms with E-state index in [2.05, 4.69) is 12.6 Å². The van der Waals surface area contributed by atoms with Gasteiger partial charge in [0.2, 0.25) is 0 Å². The number of hydrogen-bond acceptors (Lipinski definition) is 4. The number of thiol groups is 1. The van der Waals surface area contributed by atoms with Crippen LogP contribution in [0.1, 0.15) is 19.3 Å². The summed E-state index contributed by atoms with van der Waals surface area (Å²) in [7, 11) is 5.78. The quantitative estimate of drug-likeness (QED) is 0.386. The molecule has 1 N–H and O–H groups in total. The molecular weight excluding hydrogens is 242 g/mol. The second kappa shape index (κ2) is 7.55.